The molecule has 5 heteroatoms. The maximum absolute atomic E-state index is 4.62. The number of nitrogens with zero attached hydrogens (tertiary/aromatic N) is 2. The maximum Gasteiger partial charge on any atom is 0.134 e. The fourth-order valence-corrected chi connectivity index (χ4v) is 3.70. The van der Waals surface area contributed by atoms with Crippen LogP contribution in [0.2, 0.25) is 0 Å². The number of hydrogen-bond donors (Lipinski definition) is 2. The zero-order valence-corrected chi connectivity index (χ0v) is 14.5. The summed E-state index contributed by atoms with van der Waals surface area (Å²) in [7, 11) is 0. The van der Waals surface area contributed by atoms with Gasteiger partial charge in [0.2, 0.25) is 0 Å². The van der Waals surface area contributed by atoms with E-state index in [0.717, 1.165) is 41.2 Å². The quantitative estimate of drug-likeness (QED) is 0.832. The Bertz CT molecular complexity index is 464. The van der Waals surface area contributed by atoms with Crippen LogP contribution in [0.15, 0.2) is 0 Å². The summed E-state index contributed by atoms with van der Waals surface area (Å²) in [6.45, 7) is 7.19. The molecule has 2 rings (SSSR count). The van der Waals surface area contributed by atoms with E-state index in [1.807, 2.05) is 18.7 Å². The molecule has 2 unspecified atom stereocenters. The smallest absolute Gasteiger partial charge is 0.134 e. The summed E-state index contributed by atoms with van der Waals surface area (Å²) in [6, 6.07) is 0.545. The van der Waals surface area contributed by atoms with Crippen molar-refractivity contribution in [2.45, 2.75) is 64.2 Å². The molecule has 2 atom stereocenters. The summed E-state index contributed by atoms with van der Waals surface area (Å²) in [4.78, 5) is 9.15. The third-order valence-corrected chi connectivity index (χ3v) is 5.20. The van der Waals surface area contributed by atoms with Crippen molar-refractivity contribution < 1.29 is 0 Å². The Balaban J connectivity index is 2.09. The Kier molecular flexibility index (Phi) is 6.15. The van der Waals surface area contributed by atoms with Crippen LogP contribution in [0.25, 0.3) is 0 Å². The number of aromatic nitrogens is 2. The van der Waals surface area contributed by atoms with E-state index in [1.54, 1.807) is 0 Å². The highest BCUT2D eigenvalue weighted by atomic mass is 32.2. The van der Waals surface area contributed by atoms with E-state index >= 15 is 0 Å². The highest BCUT2D eigenvalue weighted by molar-refractivity contribution is 7.99. The average molecular weight is 308 g/mol. The SMILES string of the molecule is CCCNc1nc(C)nc(NC2CCCC(SC)C2)c1C. The summed E-state index contributed by atoms with van der Waals surface area (Å²) in [5.74, 6) is 2.82. The van der Waals surface area contributed by atoms with Gasteiger partial charge in [0.25, 0.3) is 0 Å². The van der Waals surface area contributed by atoms with E-state index in [1.165, 1.54) is 25.7 Å². The zero-order valence-electron chi connectivity index (χ0n) is 13.7. The maximum atomic E-state index is 4.62. The predicted molar refractivity (Wildman–Crippen MR) is 93.5 cm³/mol. The Morgan fingerprint density at radius 3 is 2.67 bits per heavy atom. The van der Waals surface area contributed by atoms with Crippen molar-refractivity contribution >= 4 is 23.4 Å². The monoisotopic (exact) mass is 308 g/mol. The molecule has 1 saturated carbocycles. The molecule has 21 heavy (non-hydrogen) atoms. The summed E-state index contributed by atoms with van der Waals surface area (Å²) in [6.07, 6.45) is 8.47. The van der Waals surface area contributed by atoms with Gasteiger partial charge in [0, 0.05) is 23.4 Å². The fourth-order valence-electron chi connectivity index (χ4n) is 2.87. The van der Waals surface area contributed by atoms with Crippen LogP contribution in [0, 0.1) is 13.8 Å². The molecule has 1 aliphatic carbocycles. The van der Waals surface area contributed by atoms with Crippen LogP contribution in [-0.2, 0) is 0 Å². The van der Waals surface area contributed by atoms with Gasteiger partial charge >= 0.3 is 0 Å². The lowest BCUT2D eigenvalue weighted by Gasteiger charge is -2.29. The molecular formula is C16H28N4S. The molecule has 0 bridgehead atoms. The topological polar surface area (TPSA) is 49.8 Å². The molecule has 1 aromatic rings. The van der Waals surface area contributed by atoms with Gasteiger partial charge in [0.1, 0.15) is 17.5 Å². The first kappa shape index (κ1) is 16.4. The number of anilines is 2. The number of nitrogens with one attached hydrogen (secondary N) is 2. The minimum atomic E-state index is 0.545. The van der Waals surface area contributed by atoms with Crippen LogP contribution < -0.4 is 10.6 Å². The van der Waals surface area contributed by atoms with E-state index in [9.17, 15) is 0 Å². The van der Waals surface area contributed by atoms with Crippen molar-refractivity contribution in [1.82, 2.24) is 9.97 Å². The molecule has 0 amide bonds. The van der Waals surface area contributed by atoms with Gasteiger partial charge in [0.05, 0.1) is 0 Å². The lowest BCUT2D eigenvalue weighted by atomic mass is 9.95. The third-order valence-electron chi connectivity index (χ3n) is 4.10. The minimum Gasteiger partial charge on any atom is -0.370 e. The molecule has 1 aliphatic rings. The Labute approximate surface area is 132 Å². The molecular weight excluding hydrogens is 280 g/mol. The van der Waals surface area contributed by atoms with E-state index in [4.69, 9.17) is 0 Å². The van der Waals surface area contributed by atoms with E-state index < -0.39 is 0 Å². The standard InChI is InChI=1S/C16H28N4S/c1-5-9-17-15-11(2)16(19-12(3)18-15)20-13-7-6-8-14(10-13)21-4/h13-14H,5-10H2,1-4H3,(H2,17,18,19,20). The van der Waals surface area contributed by atoms with Crippen molar-refractivity contribution in [3.05, 3.63) is 11.4 Å². The van der Waals surface area contributed by atoms with Crippen LogP contribution in [0.3, 0.4) is 0 Å². The molecule has 1 heterocycles. The molecule has 1 aromatic heterocycles. The van der Waals surface area contributed by atoms with E-state index in [2.05, 4.69) is 40.7 Å². The van der Waals surface area contributed by atoms with Gasteiger partial charge in [-0.25, -0.2) is 9.97 Å². The van der Waals surface area contributed by atoms with Gasteiger partial charge in [-0.1, -0.05) is 13.3 Å². The third kappa shape index (κ3) is 4.50. The van der Waals surface area contributed by atoms with Crippen molar-refractivity contribution in [2.24, 2.45) is 0 Å². The first-order chi connectivity index (χ1) is 10.1. The minimum absolute atomic E-state index is 0.545. The number of aryl methyl sites for hydroxylation is 1. The van der Waals surface area contributed by atoms with Crippen molar-refractivity contribution in [1.29, 1.82) is 0 Å². The van der Waals surface area contributed by atoms with Gasteiger partial charge in [0.15, 0.2) is 0 Å². The highest BCUT2D eigenvalue weighted by Crippen LogP contribution is 2.30. The normalized spacial score (nSPS) is 22.1. The van der Waals surface area contributed by atoms with Crippen LogP contribution in [0.4, 0.5) is 11.6 Å². The molecule has 4 nitrogen and oxygen atoms in total. The van der Waals surface area contributed by atoms with Crippen LogP contribution >= 0.6 is 11.8 Å². The van der Waals surface area contributed by atoms with Gasteiger partial charge < -0.3 is 10.6 Å². The molecule has 0 saturated heterocycles. The van der Waals surface area contributed by atoms with Gasteiger partial charge in [-0.15, -0.1) is 0 Å². The molecule has 0 radical (unpaired) electrons. The highest BCUT2D eigenvalue weighted by Gasteiger charge is 2.22. The van der Waals surface area contributed by atoms with Crippen molar-refractivity contribution in [3.63, 3.8) is 0 Å². The summed E-state index contributed by atoms with van der Waals surface area (Å²) in [5, 5.41) is 7.86. The van der Waals surface area contributed by atoms with Gasteiger partial charge in [-0.3, -0.25) is 0 Å². The fraction of sp³-hybridized carbons (Fsp3) is 0.750. The molecule has 0 aliphatic heterocycles. The second-order valence-corrected chi connectivity index (χ2v) is 7.02. The van der Waals surface area contributed by atoms with Crippen molar-refractivity contribution in [2.75, 3.05) is 23.4 Å². The Morgan fingerprint density at radius 1 is 1.19 bits per heavy atom. The summed E-state index contributed by atoms with van der Waals surface area (Å²) >= 11 is 2.00. The van der Waals surface area contributed by atoms with Gasteiger partial charge in [-0.2, -0.15) is 11.8 Å². The predicted octanol–water partition coefficient (Wildman–Crippen LogP) is 4.00. The van der Waals surface area contributed by atoms with Crippen LogP contribution in [-0.4, -0.2) is 34.1 Å². The summed E-state index contributed by atoms with van der Waals surface area (Å²) in [5.41, 5.74) is 1.14. The molecule has 0 aromatic carbocycles. The average Bonchev–Trinajstić information content (AvgIpc) is 2.49. The second-order valence-electron chi connectivity index (χ2n) is 5.89. The largest absolute Gasteiger partial charge is 0.370 e. The molecule has 0 spiro atoms. The molecule has 2 N–H and O–H groups in total. The second kappa shape index (κ2) is 7.87. The lowest BCUT2D eigenvalue weighted by molar-refractivity contribution is 0.472. The first-order valence-electron chi connectivity index (χ1n) is 8.02. The first-order valence-corrected chi connectivity index (χ1v) is 9.31. The number of thioether (sulfide) groups is 1. The van der Waals surface area contributed by atoms with Gasteiger partial charge in [-0.05, 0) is 45.8 Å². The van der Waals surface area contributed by atoms with Crippen LogP contribution in [0.5, 0.6) is 0 Å². The Morgan fingerprint density at radius 2 is 1.95 bits per heavy atom. The number of hydrogen-bond acceptors (Lipinski definition) is 5. The number of rotatable bonds is 6. The Hall–Kier alpha value is -0.970. The van der Waals surface area contributed by atoms with E-state index in [0.29, 0.717) is 6.04 Å². The van der Waals surface area contributed by atoms with E-state index in [-0.39, 0.29) is 0 Å². The lowest BCUT2D eigenvalue weighted by Crippen LogP contribution is -2.29. The summed E-state index contributed by atoms with van der Waals surface area (Å²) < 4.78 is 0. The van der Waals surface area contributed by atoms with Crippen molar-refractivity contribution in [3.8, 4) is 0 Å². The molecule has 118 valence electrons. The molecule has 1 fully saturated rings. The zero-order chi connectivity index (χ0) is 15.2. The van der Waals surface area contributed by atoms with Crippen LogP contribution in [0.1, 0.15) is 50.4 Å².